The van der Waals surface area contributed by atoms with Crippen LogP contribution < -0.4 is 9.50 Å². The Labute approximate surface area is 309 Å². The van der Waals surface area contributed by atoms with Crippen LogP contribution in [-0.4, -0.2) is 64.0 Å². The minimum absolute atomic E-state index is 0.00833. The van der Waals surface area contributed by atoms with Gasteiger partial charge in [0, 0.05) is 18.2 Å². The summed E-state index contributed by atoms with van der Waals surface area (Å²) >= 11 is 4.49. The molecule has 1 aliphatic rings. The fourth-order valence-electron chi connectivity index (χ4n) is 6.01. The minimum Gasteiger partial charge on any atom is -0.467 e. The van der Waals surface area contributed by atoms with Gasteiger partial charge in [-0.25, -0.2) is 13.2 Å². The largest absolute Gasteiger partial charge is 0.467 e. The van der Waals surface area contributed by atoms with Crippen molar-refractivity contribution >= 4 is 44.6 Å². The summed E-state index contributed by atoms with van der Waals surface area (Å²) in [6.07, 6.45) is 0.122. The number of hydrogen-bond donors (Lipinski definition) is 2. The molecule has 0 aliphatic carbocycles. The van der Waals surface area contributed by atoms with Crippen molar-refractivity contribution in [3.05, 3.63) is 139 Å². The molecule has 0 unspecified atom stereocenters. The van der Waals surface area contributed by atoms with Gasteiger partial charge < -0.3 is 14.2 Å². The van der Waals surface area contributed by atoms with Crippen LogP contribution in [-0.2, 0) is 40.9 Å². The van der Waals surface area contributed by atoms with Gasteiger partial charge in [0.2, 0.25) is 15.9 Å². The van der Waals surface area contributed by atoms with Crippen molar-refractivity contribution in [1.29, 1.82) is 0 Å². The summed E-state index contributed by atoms with van der Waals surface area (Å²) in [7, 11) is -7.05. The topological polar surface area (TPSA) is 136 Å². The summed E-state index contributed by atoms with van der Waals surface area (Å²) in [5.74, 6) is -1.35. The van der Waals surface area contributed by atoms with E-state index in [9.17, 15) is 26.4 Å². The Morgan fingerprint density at radius 2 is 1.23 bits per heavy atom. The monoisotopic (exact) mass is 756 g/mol. The van der Waals surface area contributed by atoms with Gasteiger partial charge in [-0.2, -0.15) is 25.4 Å². The molecule has 3 atom stereocenters. The van der Waals surface area contributed by atoms with E-state index in [0.29, 0.717) is 5.56 Å². The third-order valence-electron chi connectivity index (χ3n) is 8.73. The molecule has 10 nitrogen and oxygen atoms in total. The molecule has 0 bridgehead atoms. The molecule has 0 saturated carbocycles. The fraction of sp³-hybridized carbons (Fsp3) is 0.179. The molecule has 1 aliphatic heterocycles. The molecule has 268 valence electrons. The predicted octanol–water partition coefficient (Wildman–Crippen LogP) is 5.75. The second-order valence-corrected chi connectivity index (χ2v) is 16.4. The first kappa shape index (κ1) is 36.8. The second-order valence-electron chi connectivity index (χ2n) is 12.2. The van der Waals surface area contributed by atoms with Crippen LogP contribution in [0.4, 0.5) is 0 Å². The number of amides is 1. The zero-order valence-electron chi connectivity index (χ0n) is 28.0. The average Bonchev–Trinajstić information content (AvgIpc) is 3.58. The van der Waals surface area contributed by atoms with Crippen LogP contribution in [0, 0.1) is 0 Å². The SMILES string of the molecule is COC(=O)[C@H](Cc1ccc(OS(=O)(=O)c2ccc(-c3ccccc3)cc2)cc1)NC(=O)[C@@H]1C[C@H](S)CN1S(=O)(=O)c1ccc(-c2ccccc2)cc1. The number of thiol groups is 1. The van der Waals surface area contributed by atoms with Gasteiger partial charge in [0.25, 0.3) is 0 Å². The van der Waals surface area contributed by atoms with Crippen molar-refractivity contribution in [3.63, 3.8) is 0 Å². The normalized spacial score (nSPS) is 16.9. The molecule has 0 radical (unpaired) electrons. The van der Waals surface area contributed by atoms with Gasteiger partial charge in [0.15, 0.2) is 0 Å². The lowest BCUT2D eigenvalue weighted by molar-refractivity contribution is -0.145. The molecule has 1 amide bonds. The number of nitrogens with one attached hydrogen (secondary N) is 1. The van der Waals surface area contributed by atoms with Gasteiger partial charge in [-0.3, -0.25) is 4.79 Å². The van der Waals surface area contributed by atoms with Crippen LogP contribution in [0.3, 0.4) is 0 Å². The fourth-order valence-corrected chi connectivity index (χ4v) is 9.07. The number of rotatable bonds is 12. The first-order valence-electron chi connectivity index (χ1n) is 16.4. The average molecular weight is 757 g/mol. The Morgan fingerprint density at radius 1 is 0.731 bits per heavy atom. The highest BCUT2D eigenvalue weighted by Crippen LogP contribution is 2.31. The highest BCUT2D eigenvalue weighted by atomic mass is 32.2. The van der Waals surface area contributed by atoms with Crippen molar-refractivity contribution in [2.75, 3.05) is 13.7 Å². The minimum atomic E-state index is -4.14. The number of esters is 1. The van der Waals surface area contributed by atoms with E-state index >= 15 is 0 Å². The molecule has 6 rings (SSSR count). The molecule has 1 heterocycles. The third-order valence-corrected chi connectivity index (χ3v) is 12.3. The Hall–Kier alpha value is -4.95. The van der Waals surface area contributed by atoms with Gasteiger partial charge in [-0.1, -0.05) is 97.1 Å². The Balaban J connectivity index is 1.12. The van der Waals surface area contributed by atoms with Gasteiger partial charge >= 0.3 is 16.1 Å². The van der Waals surface area contributed by atoms with Crippen LogP contribution in [0.1, 0.15) is 12.0 Å². The lowest BCUT2D eigenvalue weighted by Gasteiger charge is -2.25. The molecule has 52 heavy (non-hydrogen) atoms. The molecule has 0 spiro atoms. The molecule has 1 fully saturated rings. The van der Waals surface area contributed by atoms with E-state index in [-0.39, 0.29) is 34.9 Å². The summed E-state index contributed by atoms with van der Waals surface area (Å²) in [4.78, 5) is 26.5. The Bertz CT molecular complexity index is 2230. The van der Waals surface area contributed by atoms with E-state index in [2.05, 4.69) is 17.9 Å². The van der Waals surface area contributed by atoms with Crippen molar-refractivity contribution in [2.45, 2.75) is 40.0 Å². The third kappa shape index (κ3) is 8.39. The van der Waals surface area contributed by atoms with Crippen molar-refractivity contribution in [2.24, 2.45) is 0 Å². The van der Waals surface area contributed by atoms with Crippen LogP contribution in [0.25, 0.3) is 22.3 Å². The Morgan fingerprint density at radius 3 is 1.75 bits per heavy atom. The maximum absolute atomic E-state index is 13.8. The number of carbonyl (C=O) groups excluding carboxylic acids is 2. The van der Waals surface area contributed by atoms with Crippen LogP contribution >= 0.6 is 12.6 Å². The Kier molecular flexibility index (Phi) is 11.1. The molecule has 1 saturated heterocycles. The lowest BCUT2D eigenvalue weighted by Crippen LogP contribution is -2.51. The van der Waals surface area contributed by atoms with Crippen LogP contribution in [0.5, 0.6) is 5.75 Å². The molecule has 5 aromatic carbocycles. The van der Waals surface area contributed by atoms with Gasteiger partial charge in [0.1, 0.15) is 22.7 Å². The standard InChI is InChI=1S/C39H36N2O8S3/c1-48-39(43)36(24-27-12-18-32(19-13-27)49-52(46,47)35-22-16-31(17-23-35)29-10-6-3-7-11-29)40-38(42)37-25-33(50)26-41(37)51(44,45)34-20-14-30(15-21-34)28-8-4-2-5-9-28/h2-23,33,36-37,50H,24-26H2,1H3,(H,40,42)/t33-,36-,37-/m0/s1. The summed E-state index contributed by atoms with van der Waals surface area (Å²) in [6.45, 7) is 0.00833. The summed E-state index contributed by atoms with van der Waals surface area (Å²) < 4.78 is 64.9. The van der Waals surface area contributed by atoms with Crippen molar-refractivity contribution in [3.8, 4) is 28.0 Å². The molecule has 1 N–H and O–H groups in total. The van der Waals surface area contributed by atoms with Crippen LogP contribution in [0.15, 0.2) is 143 Å². The number of ether oxygens (including phenoxy) is 1. The van der Waals surface area contributed by atoms with Gasteiger partial charge in [-0.05, 0) is 70.6 Å². The maximum atomic E-state index is 13.8. The molecule has 13 heteroatoms. The summed E-state index contributed by atoms with van der Waals surface area (Å²) in [5.41, 5.74) is 4.15. The first-order chi connectivity index (χ1) is 24.9. The van der Waals surface area contributed by atoms with E-state index in [1.807, 2.05) is 60.7 Å². The summed E-state index contributed by atoms with van der Waals surface area (Å²) in [5, 5.41) is 2.27. The number of hydrogen-bond acceptors (Lipinski definition) is 9. The molecule has 0 aromatic heterocycles. The lowest BCUT2D eigenvalue weighted by atomic mass is 10.0. The highest BCUT2D eigenvalue weighted by Gasteiger charge is 2.44. The second kappa shape index (κ2) is 15.7. The zero-order chi connectivity index (χ0) is 36.9. The molecular formula is C39H36N2O8S3. The van der Waals surface area contributed by atoms with E-state index in [4.69, 9.17) is 8.92 Å². The van der Waals surface area contributed by atoms with Crippen molar-refractivity contribution < 1.29 is 35.3 Å². The summed E-state index contributed by atoms with van der Waals surface area (Å²) in [6, 6.07) is 35.7. The first-order valence-corrected chi connectivity index (χ1v) is 19.7. The number of benzene rings is 5. The van der Waals surface area contributed by atoms with E-state index in [0.717, 1.165) is 26.6 Å². The highest BCUT2D eigenvalue weighted by molar-refractivity contribution is 7.89. The number of methoxy groups -OCH3 is 1. The van der Waals surface area contributed by atoms with Crippen LogP contribution in [0.2, 0.25) is 0 Å². The molecule has 5 aromatic rings. The number of sulfonamides is 1. The molecular weight excluding hydrogens is 721 g/mol. The van der Waals surface area contributed by atoms with Gasteiger partial charge in [-0.15, -0.1) is 0 Å². The smallest absolute Gasteiger partial charge is 0.339 e. The van der Waals surface area contributed by atoms with E-state index in [1.54, 1.807) is 36.4 Å². The van der Waals surface area contributed by atoms with Crippen molar-refractivity contribution in [1.82, 2.24) is 9.62 Å². The van der Waals surface area contributed by atoms with Gasteiger partial charge in [0.05, 0.1) is 12.0 Å². The van der Waals surface area contributed by atoms with E-state index in [1.165, 1.54) is 43.5 Å². The number of nitrogens with zero attached hydrogens (tertiary/aromatic N) is 1. The zero-order valence-corrected chi connectivity index (χ0v) is 30.6. The predicted molar refractivity (Wildman–Crippen MR) is 201 cm³/mol. The maximum Gasteiger partial charge on any atom is 0.339 e. The number of carbonyl (C=O) groups is 2. The quantitative estimate of drug-likeness (QED) is 0.0934. The van der Waals surface area contributed by atoms with E-state index < -0.39 is 49.4 Å².